The van der Waals surface area contributed by atoms with E-state index in [2.05, 4.69) is 44.1 Å². The van der Waals surface area contributed by atoms with Crippen molar-refractivity contribution in [2.45, 2.75) is 64.1 Å². The van der Waals surface area contributed by atoms with Gasteiger partial charge >= 0.3 is 34.3 Å². The number of hydrogen-bond donors (Lipinski definition) is 5. The maximum absolute atomic E-state index is 13.0. The summed E-state index contributed by atoms with van der Waals surface area (Å²) >= 11 is 5.56. The Kier molecular flexibility index (Phi) is 19.9. The van der Waals surface area contributed by atoms with E-state index in [-0.39, 0.29) is 12.4 Å². The summed E-state index contributed by atoms with van der Waals surface area (Å²) in [5.74, 6) is -9.77. The van der Waals surface area contributed by atoms with Crippen LogP contribution in [-0.2, 0) is 92.3 Å². The number of amides is 7. The van der Waals surface area contributed by atoms with Crippen LogP contribution in [0, 0.1) is 5.92 Å². The van der Waals surface area contributed by atoms with Crippen LogP contribution in [0.25, 0.3) is 10.6 Å². The fraction of sp³-hybridized carbons (Fsp3) is 0.640. The number of ether oxygens (including phenoxy) is 3. The fourth-order valence-corrected chi connectivity index (χ4v) is 3.59. The van der Waals surface area contributed by atoms with Gasteiger partial charge in [-0.3, -0.25) is 34.2 Å². The Balaban J connectivity index is 0.0000108. The Bertz CT molecular complexity index is 1230. The molecule has 0 aromatic carbocycles. The van der Waals surface area contributed by atoms with Crippen molar-refractivity contribution < 1.29 is 79.7 Å². The summed E-state index contributed by atoms with van der Waals surface area (Å²) in [5, 5.41) is 11.9. The standard InChI is InChI=1S/C25H40N8O12S.O.Tc/c1-6-44-25(42)18-17(45-18)24(41)33(8-14(35)43-5)32-20(37)11(4)29-23(40)16(10(2)3)31-22(39)15(26)21(38)28-7-13(34)30-12(9-46)19(27)36;;/h10-12,15-18H,6-9,26H2,1-5H3,(H8,27,28,29,30,31,32,34,36,37,38,39,40,46);;/q;;+3/p-3. The fourth-order valence-electron chi connectivity index (χ4n) is 3.35. The molecule has 1 saturated heterocycles. The Morgan fingerprint density at radius 1 is 0.979 bits per heavy atom. The summed E-state index contributed by atoms with van der Waals surface area (Å²) in [5.41, 5.74) is 12.8. The predicted molar refractivity (Wildman–Crippen MR) is 157 cm³/mol. The summed E-state index contributed by atoms with van der Waals surface area (Å²) in [4.78, 5) is 110. The van der Waals surface area contributed by atoms with Gasteiger partial charge in [-0.2, -0.15) is 5.75 Å². The molecule has 6 unspecified atom stereocenters. The molecule has 0 aromatic heterocycles. The van der Waals surface area contributed by atoms with Gasteiger partial charge in [-0.1, -0.05) is 26.4 Å². The zero-order valence-corrected chi connectivity index (χ0v) is 29.1. The minimum absolute atomic E-state index is 0.0304. The van der Waals surface area contributed by atoms with Gasteiger partial charge in [-0.25, -0.2) is 9.80 Å². The van der Waals surface area contributed by atoms with Crippen molar-refractivity contribution >= 4 is 65.9 Å². The van der Waals surface area contributed by atoms with Gasteiger partial charge in [-0.15, -0.1) is 0 Å². The van der Waals surface area contributed by atoms with Gasteiger partial charge in [0.2, 0.25) is 17.7 Å². The van der Waals surface area contributed by atoms with Crippen molar-refractivity contribution in [2.24, 2.45) is 17.4 Å². The third-order valence-corrected chi connectivity index (χ3v) is 6.30. The van der Waals surface area contributed by atoms with E-state index in [9.17, 15) is 43.2 Å². The molecule has 1 heterocycles. The molecule has 0 bridgehead atoms. The number of carbonyl (C=O) groups is 9. The molecule has 0 spiro atoms. The zero-order valence-electron chi connectivity index (χ0n) is 26.5. The third-order valence-electron chi connectivity index (χ3n) is 5.98. The van der Waals surface area contributed by atoms with Gasteiger partial charge in [0.05, 0.1) is 19.6 Å². The molecular weight excluding hydrogens is 750 g/mol. The Hall–Kier alpha value is -4.05. The Morgan fingerprint density at radius 2 is 1.58 bits per heavy atom. The first-order valence-electron chi connectivity index (χ1n) is 13.8. The first kappa shape index (κ1) is 43.9. The molecule has 0 saturated carbocycles. The molecule has 1 rings (SSSR count). The molecule has 23 heteroatoms. The van der Waals surface area contributed by atoms with Crippen LogP contribution in [0.1, 0.15) is 27.7 Å². The first-order valence-corrected chi connectivity index (χ1v) is 15.2. The number of hydrazine groups is 1. The number of carbonyl (C=O) groups excluding carboxylic acids is 9. The van der Waals surface area contributed by atoms with E-state index < -0.39 is 109 Å². The summed E-state index contributed by atoms with van der Waals surface area (Å²) in [6.07, 6.45) is -2.57. The van der Waals surface area contributed by atoms with Gasteiger partial charge < -0.3 is 69.2 Å². The SMILES string of the molecule is CCOC(=O)C1OC1C(=O)N(CC(=O)OC)NC(=O)C(C)NC(=O)C(NC(=O)C(N)C(=O)[N-]CC(=O)[N-]C(C[S-])C(N)=O)C(C)C.[O]=[Tc+3]. The number of nitrogens with two attached hydrogens (primary N) is 2. The van der Waals surface area contributed by atoms with Crippen LogP contribution in [0.5, 0.6) is 0 Å². The summed E-state index contributed by atoms with van der Waals surface area (Å²) in [7, 11) is 1.04. The van der Waals surface area contributed by atoms with E-state index in [0.29, 0.717) is 5.01 Å². The molecule has 48 heavy (non-hydrogen) atoms. The average Bonchev–Trinajstić information content (AvgIpc) is 3.85. The molecular formula is C25H37N8O13STc. The maximum atomic E-state index is 13.0. The summed E-state index contributed by atoms with van der Waals surface area (Å²) in [6.45, 7) is 4.27. The van der Waals surface area contributed by atoms with E-state index >= 15 is 0 Å². The van der Waals surface area contributed by atoms with Crippen molar-refractivity contribution in [1.82, 2.24) is 21.1 Å². The second kappa shape index (κ2) is 21.7. The van der Waals surface area contributed by atoms with E-state index in [1.807, 2.05) is 0 Å². The van der Waals surface area contributed by atoms with Crippen LogP contribution in [-0.4, -0.2) is 127 Å². The van der Waals surface area contributed by atoms with Crippen molar-refractivity contribution in [1.29, 1.82) is 0 Å². The Labute approximate surface area is 290 Å². The van der Waals surface area contributed by atoms with Crippen LogP contribution < -0.4 is 27.5 Å². The number of hydrogen-bond acceptors (Lipinski definition) is 15. The molecule has 7 N–H and O–H groups in total. The van der Waals surface area contributed by atoms with Crippen LogP contribution in [0.4, 0.5) is 0 Å². The number of nitrogens with one attached hydrogen (secondary N) is 3. The second-order valence-electron chi connectivity index (χ2n) is 9.91. The molecule has 6 atom stereocenters. The summed E-state index contributed by atoms with van der Waals surface area (Å²) in [6, 6.07) is -5.92. The predicted octanol–water partition coefficient (Wildman–Crippen LogP) is -4.60. The summed E-state index contributed by atoms with van der Waals surface area (Å²) < 4.78 is 22.5. The molecule has 7 amide bonds. The molecule has 21 nitrogen and oxygen atoms in total. The van der Waals surface area contributed by atoms with Gasteiger partial charge in [0.15, 0.2) is 12.2 Å². The monoisotopic (exact) mass is 786 g/mol. The van der Waals surface area contributed by atoms with Crippen LogP contribution >= 0.6 is 0 Å². The molecule has 268 valence electrons. The number of esters is 2. The molecule has 0 aromatic rings. The third kappa shape index (κ3) is 14.4. The molecule has 1 aliphatic heterocycles. The van der Waals surface area contributed by atoms with Gasteiger partial charge in [0, 0.05) is 5.91 Å². The van der Waals surface area contributed by atoms with Crippen molar-refractivity contribution in [3.63, 3.8) is 0 Å². The normalized spacial score (nSPS) is 16.9. The van der Waals surface area contributed by atoms with Crippen LogP contribution in [0.15, 0.2) is 0 Å². The van der Waals surface area contributed by atoms with Crippen molar-refractivity contribution in [3.05, 3.63) is 10.6 Å². The average molecular weight is 788 g/mol. The second-order valence-corrected chi connectivity index (χ2v) is 10.2. The number of primary amides is 1. The van der Waals surface area contributed by atoms with E-state index in [4.69, 9.17) is 24.4 Å². The minimum atomic E-state index is -1.94. The van der Waals surface area contributed by atoms with Crippen LogP contribution in [0.3, 0.4) is 0 Å². The van der Waals surface area contributed by atoms with Gasteiger partial charge in [-0.05, 0) is 19.8 Å². The number of methoxy groups -OCH3 is 1. The van der Waals surface area contributed by atoms with E-state index in [0.717, 1.165) is 26.0 Å². The Morgan fingerprint density at radius 3 is 2.08 bits per heavy atom. The number of rotatable bonds is 17. The first-order chi connectivity index (χ1) is 22.5. The van der Waals surface area contributed by atoms with Gasteiger partial charge in [0.25, 0.3) is 11.8 Å². The topological polar surface area (TPSA) is 321 Å². The quantitative estimate of drug-likeness (QED) is 0.0305. The van der Waals surface area contributed by atoms with E-state index in [1.165, 1.54) is 20.8 Å². The zero-order chi connectivity index (χ0) is 37.3. The van der Waals surface area contributed by atoms with Crippen LogP contribution in [0.2, 0.25) is 0 Å². The van der Waals surface area contributed by atoms with Gasteiger partial charge in [0.1, 0.15) is 24.7 Å². The molecule has 1 aliphatic rings. The number of nitrogens with zero attached hydrogens (tertiary/aromatic N) is 3. The number of epoxide rings is 1. The van der Waals surface area contributed by atoms with Crippen molar-refractivity contribution in [3.8, 4) is 0 Å². The molecule has 0 aliphatic carbocycles. The van der Waals surface area contributed by atoms with E-state index in [1.54, 1.807) is 6.92 Å². The molecule has 0 radical (unpaired) electrons. The molecule has 1 fully saturated rings. The van der Waals surface area contributed by atoms with Crippen molar-refractivity contribution in [2.75, 3.05) is 32.6 Å².